The third kappa shape index (κ3) is 2.39. The Balaban J connectivity index is 1.83. The van der Waals surface area contributed by atoms with Crippen LogP contribution < -0.4 is 10.5 Å². The van der Waals surface area contributed by atoms with Crippen LogP contribution in [0.4, 0.5) is 5.82 Å². The largest absolute Gasteiger partial charge is 0.484 e. The molecule has 2 heterocycles. The number of hydrogen-bond acceptors (Lipinski definition) is 4. The number of anilines is 1. The summed E-state index contributed by atoms with van der Waals surface area (Å²) in [4.78, 5) is 4.35. The highest BCUT2D eigenvalue weighted by molar-refractivity contribution is 9.10. The summed E-state index contributed by atoms with van der Waals surface area (Å²) >= 11 is 3.43. The van der Waals surface area contributed by atoms with Gasteiger partial charge in [-0.1, -0.05) is 18.2 Å². The molecule has 0 amide bonds. The standard InChI is InChI=1S/C13H11BrN4O/c14-9-4-1-2-5-10(9)19-8-12-16-13-7-3-6-11(15)18(13)17-12/h1-7H,8,15H2. The van der Waals surface area contributed by atoms with Gasteiger partial charge < -0.3 is 10.5 Å². The molecular formula is C13H11BrN4O. The molecule has 2 N–H and O–H groups in total. The second-order valence-corrected chi connectivity index (χ2v) is 4.82. The summed E-state index contributed by atoms with van der Waals surface area (Å²) in [5.74, 6) is 1.90. The van der Waals surface area contributed by atoms with Gasteiger partial charge in [-0.05, 0) is 40.2 Å². The Kier molecular flexibility index (Phi) is 3.08. The fourth-order valence-corrected chi connectivity index (χ4v) is 2.13. The summed E-state index contributed by atoms with van der Waals surface area (Å²) in [7, 11) is 0. The molecule has 3 aromatic rings. The zero-order chi connectivity index (χ0) is 13.2. The van der Waals surface area contributed by atoms with Crippen LogP contribution in [0.25, 0.3) is 5.65 Å². The van der Waals surface area contributed by atoms with E-state index in [1.807, 2.05) is 36.4 Å². The van der Waals surface area contributed by atoms with Crippen molar-refractivity contribution in [3.63, 3.8) is 0 Å². The first-order chi connectivity index (χ1) is 9.24. The van der Waals surface area contributed by atoms with Gasteiger partial charge in [0.15, 0.2) is 11.5 Å². The topological polar surface area (TPSA) is 65.4 Å². The van der Waals surface area contributed by atoms with Crippen molar-refractivity contribution in [1.29, 1.82) is 0 Å². The fraction of sp³-hybridized carbons (Fsp3) is 0.0769. The van der Waals surface area contributed by atoms with Gasteiger partial charge in [0.2, 0.25) is 0 Å². The molecule has 1 aromatic carbocycles. The highest BCUT2D eigenvalue weighted by atomic mass is 79.9. The molecule has 0 unspecified atom stereocenters. The third-order valence-corrected chi connectivity index (χ3v) is 3.28. The van der Waals surface area contributed by atoms with Gasteiger partial charge in [0, 0.05) is 0 Å². The summed E-state index contributed by atoms with van der Waals surface area (Å²) in [5, 5.41) is 4.30. The molecule has 5 nitrogen and oxygen atoms in total. The van der Waals surface area contributed by atoms with Crippen LogP contribution in [0.15, 0.2) is 46.9 Å². The second-order valence-electron chi connectivity index (χ2n) is 3.97. The van der Waals surface area contributed by atoms with Crippen molar-refractivity contribution in [1.82, 2.24) is 14.6 Å². The molecule has 0 aliphatic rings. The Morgan fingerprint density at radius 2 is 2.00 bits per heavy atom. The van der Waals surface area contributed by atoms with E-state index in [1.54, 1.807) is 10.6 Å². The lowest BCUT2D eigenvalue weighted by molar-refractivity contribution is 0.294. The van der Waals surface area contributed by atoms with Crippen LogP contribution in [0, 0.1) is 0 Å². The van der Waals surface area contributed by atoms with Crippen LogP contribution in [0.2, 0.25) is 0 Å². The predicted molar refractivity (Wildman–Crippen MR) is 75.9 cm³/mol. The van der Waals surface area contributed by atoms with Gasteiger partial charge in [0.1, 0.15) is 18.2 Å². The highest BCUT2D eigenvalue weighted by Gasteiger charge is 2.07. The number of nitrogens with two attached hydrogens (primary N) is 1. The van der Waals surface area contributed by atoms with Crippen LogP contribution in [-0.4, -0.2) is 14.6 Å². The van der Waals surface area contributed by atoms with Crippen LogP contribution >= 0.6 is 15.9 Å². The maximum atomic E-state index is 5.81. The number of pyridine rings is 1. The molecular weight excluding hydrogens is 308 g/mol. The summed E-state index contributed by atoms with van der Waals surface area (Å²) < 4.78 is 8.16. The van der Waals surface area contributed by atoms with Gasteiger partial charge in [0.25, 0.3) is 0 Å². The van der Waals surface area contributed by atoms with Crippen LogP contribution in [0.5, 0.6) is 5.75 Å². The van der Waals surface area contributed by atoms with E-state index in [9.17, 15) is 0 Å². The van der Waals surface area contributed by atoms with Crippen LogP contribution in [0.3, 0.4) is 0 Å². The molecule has 2 aromatic heterocycles. The van der Waals surface area contributed by atoms with Crippen molar-refractivity contribution in [2.45, 2.75) is 6.61 Å². The van der Waals surface area contributed by atoms with Crippen molar-refractivity contribution >= 4 is 27.4 Å². The number of nitrogen functional groups attached to an aromatic ring is 1. The molecule has 0 bridgehead atoms. The van der Waals surface area contributed by atoms with Gasteiger partial charge in [-0.15, -0.1) is 5.10 Å². The Bertz CT molecular complexity index is 725. The zero-order valence-electron chi connectivity index (χ0n) is 9.95. The lowest BCUT2D eigenvalue weighted by atomic mass is 10.3. The van der Waals surface area contributed by atoms with Crippen LogP contribution in [-0.2, 0) is 6.61 Å². The van der Waals surface area contributed by atoms with Gasteiger partial charge in [-0.3, -0.25) is 0 Å². The number of nitrogens with zero attached hydrogens (tertiary/aromatic N) is 3. The summed E-state index contributed by atoms with van der Waals surface area (Å²) in [6, 6.07) is 13.1. The normalized spacial score (nSPS) is 10.8. The molecule has 96 valence electrons. The first kappa shape index (κ1) is 12.0. The number of fused-ring (bicyclic) bond motifs is 1. The zero-order valence-corrected chi connectivity index (χ0v) is 11.5. The van der Waals surface area contributed by atoms with E-state index in [4.69, 9.17) is 10.5 Å². The van der Waals surface area contributed by atoms with E-state index in [-0.39, 0.29) is 0 Å². The molecule has 3 rings (SSSR count). The first-order valence-electron chi connectivity index (χ1n) is 5.71. The Labute approximate surface area is 118 Å². The Morgan fingerprint density at radius 1 is 1.16 bits per heavy atom. The van der Waals surface area contributed by atoms with Crippen molar-refractivity contribution in [3.05, 3.63) is 52.8 Å². The minimum absolute atomic E-state index is 0.295. The number of aromatic nitrogens is 3. The monoisotopic (exact) mass is 318 g/mol. The number of hydrogen-bond donors (Lipinski definition) is 1. The van der Waals surface area contributed by atoms with E-state index in [2.05, 4.69) is 26.0 Å². The van der Waals surface area contributed by atoms with E-state index >= 15 is 0 Å². The van der Waals surface area contributed by atoms with Gasteiger partial charge in [-0.25, -0.2) is 4.98 Å². The molecule has 0 saturated carbocycles. The van der Waals surface area contributed by atoms with Crippen molar-refractivity contribution in [3.8, 4) is 5.75 Å². The SMILES string of the molecule is Nc1cccc2nc(COc3ccccc3Br)nn12. The van der Waals surface area contributed by atoms with Crippen molar-refractivity contribution in [2.24, 2.45) is 0 Å². The average Bonchev–Trinajstić information content (AvgIpc) is 2.82. The Morgan fingerprint density at radius 3 is 2.79 bits per heavy atom. The predicted octanol–water partition coefficient (Wildman–Crippen LogP) is 2.65. The molecule has 0 saturated heterocycles. The Hall–Kier alpha value is -2.08. The third-order valence-electron chi connectivity index (χ3n) is 2.63. The number of benzene rings is 1. The lowest BCUT2D eigenvalue weighted by Gasteiger charge is -2.04. The van der Waals surface area contributed by atoms with E-state index < -0.39 is 0 Å². The van der Waals surface area contributed by atoms with Gasteiger partial charge >= 0.3 is 0 Å². The number of para-hydroxylation sites is 1. The van der Waals surface area contributed by atoms with Crippen molar-refractivity contribution < 1.29 is 4.74 Å². The minimum atomic E-state index is 0.295. The number of halogens is 1. The molecule has 0 atom stereocenters. The molecule has 0 spiro atoms. The molecule has 0 radical (unpaired) electrons. The summed E-state index contributed by atoms with van der Waals surface area (Å²) in [6.45, 7) is 0.295. The maximum absolute atomic E-state index is 5.81. The lowest BCUT2D eigenvalue weighted by Crippen LogP contribution is -2.00. The van der Waals surface area contributed by atoms with E-state index in [1.165, 1.54) is 0 Å². The number of rotatable bonds is 3. The summed E-state index contributed by atoms with van der Waals surface area (Å²) in [6.07, 6.45) is 0. The first-order valence-corrected chi connectivity index (χ1v) is 6.51. The van der Waals surface area contributed by atoms with Gasteiger partial charge in [0.05, 0.1) is 4.47 Å². The van der Waals surface area contributed by atoms with E-state index in [0.29, 0.717) is 23.9 Å². The van der Waals surface area contributed by atoms with Crippen LogP contribution in [0.1, 0.15) is 5.82 Å². The van der Waals surface area contributed by atoms with Gasteiger partial charge in [-0.2, -0.15) is 4.52 Å². The van der Waals surface area contributed by atoms with Crippen molar-refractivity contribution in [2.75, 3.05) is 5.73 Å². The quantitative estimate of drug-likeness (QED) is 0.806. The molecule has 6 heteroatoms. The smallest absolute Gasteiger partial charge is 0.189 e. The minimum Gasteiger partial charge on any atom is -0.484 e. The molecule has 19 heavy (non-hydrogen) atoms. The summed E-state index contributed by atoms with van der Waals surface area (Å²) in [5.41, 5.74) is 6.53. The molecule has 0 aliphatic carbocycles. The molecule has 0 aliphatic heterocycles. The second kappa shape index (κ2) is 4.89. The fourth-order valence-electron chi connectivity index (χ4n) is 1.74. The average molecular weight is 319 g/mol. The highest BCUT2D eigenvalue weighted by Crippen LogP contribution is 2.24. The maximum Gasteiger partial charge on any atom is 0.189 e. The molecule has 0 fully saturated rings. The number of ether oxygens (including phenoxy) is 1. The van der Waals surface area contributed by atoms with E-state index in [0.717, 1.165) is 10.2 Å².